The molecule has 28 heavy (non-hydrogen) atoms. The molecular formula is C21H27FN3O3+. The summed E-state index contributed by atoms with van der Waals surface area (Å²) < 4.78 is 14.1. The number of rotatable bonds is 5. The van der Waals surface area contributed by atoms with Gasteiger partial charge in [-0.3, -0.25) is 19.3 Å². The van der Waals surface area contributed by atoms with Gasteiger partial charge in [-0.05, 0) is 30.5 Å². The van der Waals surface area contributed by atoms with Crippen molar-refractivity contribution in [3.63, 3.8) is 0 Å². The molecule has 2 fully saturated rings. The van der Waals surface area contributed by atoms with Gasteiger partial charge in [-0.1, -0.05) is 27.2 Å². The summed E-state index contributed by atoms with van der Waals surface area (Å²) >= 11 is 0. The van der Waals surface area contributed by atoms with Gasteiger partial charge in [0, 0.05) is 18.5 Å². The number of hydrogen-bond acceptors (Lipinski definition) is 3. The molecular weight excluding hydrogens is 361 g/mol. The third-order valence-electron chi connectivity index (χ3n) is 6.40. The van der Waals surface area contributed by atoms with E-state index in [4.69, 9.17) is 0 Å². The maximum Gasteiger partial charge on any atom is 0.291 e. The number of benzene rings is 1. The summed E-state index contributed by atoms with van der Waals surface area (Å²) in [4.78, 5) is 41.1. The molecule has 0 saturated carbocycles. The first-order chi connectivity index (χ1) is 13.3. The molecule has 2 saturated heterocycles. The number of quaternary nitrogens is 1. The number of carbonyl (C=O) groups excluding carboxylic acids is 3. The molecule has 7 heteroatoms. The van der Waals surface area contributed by atoms with Crippen LogP contribution in [-0.4, -0.2) is 35.2 Å². The van der Waals surface area contributed by atoms with Crippen LogP contribution in [0.5, 0.6) is 0 Å². The Morgan fingerprint density at radius 2 is 2.00 bits per heavy atom. The summed E-state index contributed by atoms with van der Waals surface area (Å²) in [5.41, 5.74) is -0.258. The molecule has 0 aromatic heterocycles. The molecule has 3 N–H and O–H groups in total. The lowest BCUT2D eigenvalue weighted by Crippen LogP contribution is -2.99. The van der Waals surface area contributed by atoms with Crippen molar-refractivity contribution >= 4 is 23.4 Å². The van der Waals surface area contributed by atoms with E-state index < -0.39 is 23.2 Å². The molecule has 3 aliphatic heterocycles. The normalized spacial score (nSPS) is 31.1. The first kappa shape index (κ1) is 19.1. The van der Waals surface area contributed by atoms with Gasteiger partial charge in [-0.2, -0.15) is 0 Å². The minimum atomic E-state index is -1.27. The molecule has 4 rings (SSSR count). The highest BCUT2D eigenvalue weighted by atomic mass is 19.1. The second-order valence-corrected chi connectivity index (χ2v) is 8.66. The van der Waals surface area contributed by atoms with Crippen molar-refractivity contribution in [3.05, 3.63) is 29.6 Å². The maximum atomic E-state index is 14.1. The third kappa shape index (κ3) is 2.52. The Kier molecular flexibility index (Phi) is 4.53. The number of unbranched alkanes of at least 4 members (excludes halogenated alkanes) is 1. The van der Waals surface area contributed by atoms with Crippen LogP contribution in [0.15, 0.2) is 18.2 Å². The third-order valence-corrected chi connectivity index (χ3v) is 6.40. The summed E-state index contributed by atoms with van der Waals surface area (Å²) in [7, 11) is 0. The molecule has 0 aliphatic carbocycles. The molecule has 3 heterocycles. The fourth-order valence-electron chi connectivity index (χ4n) is 5.29. The zero-order chi connectivity index (χ0) is 20.2. The van der Waals surface area contributed by atoms with E-state index in [9.17, 15) is 18.8 Å². The number of imide groups is 1. The van der Waals surface area contributed by atoms with Crippen LogP contribution in [-0.2, 0) is 19.9 Å². The predicted octanol–water partition coefficient (Wildman–Crippen LogP) is 1.37. The maximum absolute atomic E-state index is 14.1. The SMILES string of the molecule is CCCCN1C(=O)[C@H]2[C@@H](C1=O)[C@]1([NH2+][C@@H]2CC(C)C)C(=O)Nc2ccc(F)cc21. The van der Waals surface area contributed by atoms with Gasteiger partial charge in [-0.25, -0.2) is 4.39 Å². The van der Waals surface area contributed by atoms with Gasteiger partial charge in [-0.15, -0.1) is 0 Å². The number of nitrogens with one attached hydrogen (secondary N) is 1. The second-order valence-electron chi connectivity index (χ2n) is 8.66. The summed E-state index contributed by atoms with van der Waals surface area (Å²) in [6.45, 7) is 6.51. The Bertz CT molecular complexity index is 855. The van der Waals surface area contributed by atoms with Crippen LogP contribution in [0.25, 0.3) is 0 Å². The van der Waals surface area contributed by atoms with E-state index >= 15 is 0 Å². The van der Waals surface area contributed by atoms with E-state index in [1.807, 2.05) is 12.2 Å². The van der Waals surface area contributed by atoms with Gasteiger partial charge < -0.3 is 10.6 Å². The number of likely N-dealkylation sites (tertiary alicyclic amines) is 1. The topological polar surface area (TPSA) is 83.1 Å². The largest absolute Gasteiger partial charge is 0.326 e. The summed E-state index contributed by atoms with van der Waals surface area (Å²) in [6, 6.07) is 3.98. The number of fused-ring (bicyclic) bond motifs is 4. The molecule has 0 radical (unpaired) electrons. The van der Waals surface area contributed by atoms with Crippen molar-refractivity contribution in [3.8, 4) is 0 Å². The van der Waals surface area contributed by atoms with Crippen LogP contribution in [0.3, 0.4) is 0 Å². The van der Waals surface area contributed by atoms with Gasteiger partial charge in [0.05, 0.1) is 5.69 Å². The van der Waals surface area contributed by atoms with Crippen molar-refractivity contribution in [2.75, 3.05) is 11.9 Å². The molecule has 0 bridgehead atoms. The van der Waals surface area contributed by atoms with Crippen LogP contribution in [0, 0.1) is 23.6 Å². The van der Waals surface area contributed by atoms with Crippen molar-refractivity contribution < 1.29 is 24.1 Å². The summed E-state index contributed by atoms with van der Waals surface area (Å²) in [5.74, 6) is -2.28. The smallest absolute Gasteiger partial charge is 0.291 e. The van der Waals surface area contributed by atoms with Gasteiger partial charge >= 0.3 is 0 Å². The Morgan fingerprint density at radius 3 is 2.68 bits per heavy atom. The van der Waals surface area contributed by atoms with E-state index in [-0.39, 0.29) is 23.8 Å². The highest BCUT2D eigenvalue weighted by Gasteiger charge is 2.74. The Hall–Kier alpha value is -2.28. The Labute approximate surface area is 163 Å². The summed E-state index contributed by atoms with van der Waals surface area (Å²) in [6.07, 6.45) is 2.31. The van der Waals surface area contributed by atoms with Gasteiger partial charge in [0.25, 0.3) is 5.91 Å². The molecule has 1 aromatic rings. The Morgan fingerprint density at radius 1 is 1.25 bits per heavy atom. The molecule has 3 amide bonds. The molecule has 1 spiro atoms. The molecule has 6 nitrogen and oxygen atoms in total. The quantitative estimate of drug-likeness (QED) is 0.748. The fourth-order valence-corrected chi connectivity index (χ4v) is 5.29. The number of anilines is 1. The van der Waals surface area contributed by atoms with Crippen LogP contribution < -0.4 is 10.6 Å². The van der Waals surface area contributed by atoms with Crippen LogP contribution in [0.4, 0.5) is 10.1 Å². The average Bonchev–Trinajstić information content (AvgIpc) is 3.19. The first-order valence-electron chi connectivity index (χ1n) is 10.1. The lowest BCUT2D eigenvalue weighted by Gasteiger charge is -2.26. The summed E-state index contributed by atoms with van der Waals surface area (Å²) in [5, 5.41) is 4.69. The van der Waals surface area contributed by atoms with Gasteiger partial charge in [0.1, 0.15) is 23.7 Å². The van der Waals surface area contributed by atoms with Crippen LogP contribution in [0.2, 0.25) is 0 Å². The molecule has 150 valence electrons. The fraction of sp³-hybridized carbons (Fsp3) is 0.571. The average molecular weight is 388 g/mol. The monoisotopic (exact) mass is 388 g/mol. The number of nitrogens with two attached hydrogens (primary N) is 1. The van der Waals surface area contributed by atoms with Crippen molar-refractivity contribution in [1.82, 2.24) is 4.90 Å². The zero-order valence-corrected chi connectivity index (χ0v) is 16.5. The highest BCUT2D eigenvalue weighted by Crippen LogP contribution is 2.49. The minimum Gasteiger partial charge on any atom is -0.326 e. The van der Waals surface area contributed by atoms with Crippen molar-refractivity contribution in [2.24, 2.45) is 17.8 Å². The standard InChI is InChI=1S/C21H26FN3O3/c1-4-5-8-25-18(26)16-15(9-11(2)3)24-21(17(16)19(25)27)13-10-12(22)6-7-14(13)23-20(21)28/h6-7,10-11,15-17,24H,4-5,8-9H2,1-3H3,(H,23,28)/p+1/t15-,16-,17+,21+/m1/s1. The minimum absolute atomic E-state index is 0.181. The number of nitrogens with zero attached hydrogens (tertiary/aromatic N) is 1. The van der Waals surface area contributed by atoms with E-state index in [0.29, 0.717) is 30.1 Å². The van der Waals surface area contributed by atoms with Crippen LogP contribution >= 0.6 is 0 Å². The lowest BCUT2D eigenvalue weighted by molar-refractivity contribution is -0.734. The lowest BCUT2D eigenvalue weighted by atomic mass is 9.76. The van der Waals surface area contributed by atoms with E-state index in [1.165, 1.54) is 23.1 Å². The molecule has 1 aromatic carbocycles. The van der Waals surface area contributed by atoms with Gasteiger partial charge in [0.2, 0.25) is 17.4 Å². The van der Waals surface area contributed by atoms with Crippen molar-refractivity contribution in [1.29, 1.82) is 0 Å². The van der Waals surface area contributed by atoms with E-state index in [1.54, 1.807) is 0 Å². The zero-order valence-electron chi connectivity index (χ0n) is 16.5. The number of halogens is 1. The number of hydrogen-bond donors (Lipinski definition) is 2. The predicted molar refractivity (Wildman–Crippen MR) is 100 cm³/mol. The van der Waals surface area contributed by atoms with Crippen molar-refractivity contribution in [2.45, 2.75) is 51.6 Å². The van der Waals surface area contributed by atoms with Crippen LogP contribution in [0.1, 0.15) is 45.6 Å². The molecule has 0 unspecified atom stereocenters. The number of amides is 3. The molecule has 3 aliphatic rings. The van der Waals surface area contributed by atoms with E-state index in [2.05, 4.69) is 19.2 Å². The Balaban J connectivity index is 1.84. The van der Waals surface area contributed by atoms with Gasteiger partial charge in [0.15, 0.2) is 0 Å². The molecule has 4 atom stereocenters. The first-order valence-corrected chi connectivity index (χ1v) is 10.1. The number of carbonyl (C=O) groups is 3. The highest BCUT2D eigenvalue weighted by molar-refractivity contribution is 6.13. The van der Waals surface area contributed by atoms with E-state index in [0.717, 1.165) is 12.8 Å². The second kappa shape index (κ2) is 6.65.